The molecule has 0 spiro atoms. The van der Waals surface area contributed by atoms with Crippen molar-refractivity contribution in [2.24, 2.45) is 0 Å². The van der Waals surface area contributed by atoms with Crippen LogP contribution in [0.3, 0.4) is 0 Å². The highest BCUT2D eigenvalue weighted by Gasteiger charge is 2.12. The van der Waals surface area contributed by atoms with Crippen LogP contribution in [0, 0.1) is 12.7 Å². The smallest absolute Gasteiger partial charge is 0.126 e. The first kappa shape index (κ1) is 14.5. The summed E-state index contributed by atoms with van der Waals surface area (Å²) in [6.07, 6.45) is 3.21. The lowest BCUT2D eigenvalue weighted by molar-refractivity contribution is 0.472. The predicted molar refractivity (Wildman–Crippen MR) is 75.1 cm³/mol. The Morgan fingerprint density at radius 1 is 1.41 bits per heavy atom. The van der Waals surface area contributed by atoms with E-state index in [2.05, 4.69) is 25.4 Å². The average Bonchev–Trinajstić information content (AvgIpc) is 2.31. The number of hydrogen-bond acceptors (Lipinski definition) is 2. The second-order valence-corrected chi connectivity index (χ2v) is 5.37. The van der Waals surface area contributed by atoms with Gasteiger partial charge in [0.25, 0.3) is 0 Å². The quantitative estimate of drug-likeness (QED) is 0.826. The minimum absolute atomic E-state index is 0.117. The van der Waals surface area contributed by atoms with Gasteiger partial charge in [-0.25, -0.2) is 4.39 Å². The van der Waals surface area contributed by atoms with Gasteiger partial charge >= 0.3 is 0 Å². The summed E-state index contributed by atoms with van der Waals surface area (Å²) < 4.78 is 13.5. The Kier molecular flexibility index (Phi) is 6.00. The number of aryl methyl sites for hydroxylation is 1. The van der Waals surface area contributed by atoms with E-state index in [0.29, 0.717) is 11.6 Å². The Hall–Kier alpha value is -0.540. The Bertz CT molecular complexity index is 354. The molecule has 0 radical (unpaired) electrons. The molecule has 1 N–H and O–H groups in total. The van der Waals surface area contributed by atoms with E-state index >= 15 is 0 Å². The summed E-state index contributed by atoms with van der Waals surface area (Å²) in [5.41, 5.74) is 1.73. The van der Waals surface area contributed by atoms with Crippen LogP contribution in [0.15, 0.2) is 18.2 Å². The second-order valence-electron chi connectivity index (χ2n) is 4.46. The van der Waals surface area contributed by atoms with E-state index in [-0.39, 0.29) is 11.9 Å². The molecule has 1 rings (SSSR count). The van der Waals surface area contributed by atoms with Gasteiger partial charge in [-0.3, -0.25) is 0 Å². The summed E-state index contributed by atoms with van der Waals surface area (Å²) in [5, 5.41) is 3.54. The number of benzene rings is 1. The second kappa shape index (κ2) is 7.02. The number of halogens is 1. The minimum Gasteiger partial charge on any atom is -0.307 e. The van der Waals surface area contributed by atoms with Gasteiger partial charge in [-0.1, -0.05) is 19.1 Å². The van der Waals surface area contributed by atoms with Crippen molar-refractivity contribution in [3.8, 4) is 0 Å². The van der Waals surface area contributed by atoms with E-state index in [0.717, 1.165) is 17.7 Å². The van der Waals surface area contributed by atoms with Gasteiger partial charge in [-0.05, 0) is 43.7 Å². The molecule has 1 aromatic rings. The van der Waals surface area contributed by atoms with Gasteiger partial charge in [-0.2, -0.15) is 11.8 Å². The standard InChI is InChI=1S/C14H22FNS/c1-5-13(9-17-4)16-11(3)12-7-6-10(2)14(15)8-12/h6-8,11,13,16H,5,9H2,1-4H3. The molecule has 3 heteroatoms. The molecule has 0 fully saturated rings. The van der Waals surface area contributed by atoms with Gasteiger partial charge in [0.05, 0.1) is 0 Å². The molecule has 1 aromatic carbocycles. The molecule has 0 aliphatic rings. The minimum atomic E-state index is -0.117. The molecule has 17 heavy (non-hydrogen) atoms. The molecule has 0 amide bonds. The van der Waals surface area contributed by atoms with Gasteiger partial charge in [0, 0.05) is 17.8 Å². The molecule has 0 aromatic heterocycles. The summed E-state index contributed by atoms with van der Waals surface area (Å²) in [5.74, 6) is 0.976. The van der Waals surface area contributed by atoms with Crippen LogP contribution in [0.25, 0.3) is 0 Å². The maximum Gasteiger partial charge on any atom is 0.126 e. The molecule has 1 nitrogen and oxygen atoms in total. The van der Waals surface area contributed by atoms with E-state index in [1.165, 1.54) is 0 Å². The van der Waals surface area contributed by atoms with Crippen molar-refractivity contribution in [3.63, 3.8) is 0 Å². The normalized spacial score (nSPS) is 14.6. The third-order valence-electron chi connectivity index (χ3n) is 3.04. The lowest BCUT2D eigenvalue weighted by Gasteiger charge is -2.22. The molecule has 2 unspecified atom stereocenters. The van der Waals surface area contributed by atoms with Crippen molar-refractivity contribution in [1.29, 1.82) is 0 Å². The zero-order chi connectivity index (χ0) is 12.8. The van der Waals surface area contributed by atoms with Crippen molar-refractivity contribution < 1.29 is 4.39 Å². The Balaban J connectivity index is 2.68. The van der Waals surface area contributed by atoms with Crippen LogP contribution in [0.2, 0.25) is 0 Å². The molecule has 0 heterocycles. The Morgan fingerprint density at radius 3 is 2.65 bits per heavy atom. The highest BCUT2D eigenvalue weighted by molar-refractivity contribution is 7.98. The van der Waals surface area contributed by atoms with Gasteiger partial charge in [0.15, 0.2) is 0 Å². The lowest BCUT2D eigenvalue weighted by Crippen LogP contribution is -2.33. The van der Waals surface area contributed by atoms with Gasteiger partial charge in [-0.15, -0.1) is 0 Å². The van der Waals surface area contributed by atoms with Crippen molar-refractivity contribution in [2.75, 3.05) is 12.0 Å². The molecule has 0 bridgehead atoms. The summed E-state index contributed by atoms with van der Waals surface area (Å²) in [6, 6.07) is 6.17. The highest BCUT2D eigenvalue weighted by atomic mass is 32.2. The van der Waals surface area contributed by atoms with Gasteiger partial charge in [0.1, 0.15) is 5.82 Å². The van der Waals surface area contributed by atoms with Crippen LogP contribution in [-0.2, 0) is 0 Å². The topological polar surface area (TPSA) is 12.0 Å². The predicted octanol–water partition coefficient (Wildman–Crippen LogP) is 3.93. The fraction of sp³-hybridized carbons (Fsp3) is 0.571. The number of hydrogen-bond donors (Lipinski definition) is 1. The summed E-state index contributed by atoms with van der Waals surface area (Å²) in [4.78, 5) is 0. The van der Waals surface area contributed by atoms with Crippen LogP contribution in [0.5, 0.6) is 0 Å². The molecule has 0 saturated heterocycles. The largest absolute Gasteiger partial charge is 0.307 e. The van der Waals surface area contributed by atoms with Crippen molar-refractivity contribution in [3.05, 3.63) is 35.1 Å². The third-order valence-corrected chi connectivity index (χ3v) is 3.78. The molecule has 0 aliphatic carbocycles. The fourth-order valence-electron chi connectivity index (χ4n) is 1.81. The lowest BCUT2D eigenvalue weighted by atomic mass is 10.0. The average molecular weight is 255 g/mol. The van der Waals surface area contributed by atoms with Crippen LogP contribution >= 0.6 is 11.8 Å². The monoisotopic (exact) mass is 255 g/mol. The summed E-state index contributed by atoms with van der Waals surface area (Å²) in [6.45, 7) is 6.06. The molecule has 2 atom stereocenters. The van der Waals surface area contributed by atoms with Crippen molar-refractivity contribution in [2.45, 2.75) is 39.3 Å². The zero-order valence-electron chi connectivity index (χ0n) is 11.1. The van der Waals surface area contributed by atoms with E-state index in [1.807, 2.05) is 23.9 Å². The molecule has 0 aliphatic heterocycles. The first-order valence-electron chi connectivity index (χ1n) is 6.09. The van der Waals surface area contributed by atoms with Crippen molar-refractivity contribution >= 4 is 11.8 Å². The highest BCUT2D eigenvalue weighted by Crippen LogP contribution is 2.17. The first-order chi connectivity index (χ1) is 8.08. The van der Waals surface area contributed by atoms with Crippen LogP contribution in [0.1, 0.15) is 37.4 Å². The SMILES string of the molecule is CCC(CSC)NC(C)c1ccc(C)c(F)c1. The fourth-order valence-corrected chi connectivity index (χ4v) is 2.55. The Morgan fingerprint density at radius 2 is 2.12 bits per heavy atom. The molecular formula is C14H22FNS. The van der Waals surface area contributed by atoms with Crippen LogP contribution in [0.4, 0.5) is 4.39 Å². The van der Waals surface area contributed by atoms with Crippen LogP contribution in [-0.4, -0.2) is 18.1 Å². The van der Waals surface area contributed by atoms with Gasteiger partial charge in [0.2, 0.25) is 0 Å². The molecule has 0 saturated carbocycles. The van der Waals surface area contributed by atoms with E-state index in [4.69, 9.17) is 0 Å². The number of rotatable bonds is 6. The van der Waals surface area contributed by atoms with E-state index in [9.17, 15) is 4.39 Å². The first-order valence-corrected chi connectivity index (χ1v) is 7.48. The van der Waals surface area contributed by atoms with Gasteiger partial charge < -0.3 is 5.32 Å². The summed E-state index contributed by atoms with van der Waals surface area (Å²) >= 11 is 1.84. The number of nitrogens with one attached hydrogen (secondary N) is 1. The Labute approximate surface area is 108 Å². The summed E-state index contributed by atoms with van der Waals surface area (Å²) in [7, 11) is 0. The number of thioether (sulfide) groups is 1. The van der Waals surface area contributed by atoms with E-state index < -0.39 is 0 Å². The van der Waals surface area contributed by atoms with Crippen molar-refractivity contribution in [1.82, 2.24) is 5.32 Å². The molecular weight excluding hydrogens is 233 g/mol. The van der Waals surface area contributed by atoms with E-state index in [1.54, 1.807) is 13.0 Å². The molecule has 96 valence electrons. The van der Waals surface area contributed by atoms with Crippen LogP contribution < -0.4 is 5.32 Å². The maximum atomic E-state index is 13.5. The zero-order valence-corrected chi connectivity index (χ0v) is 11.9. The maximum absolute atomic E-state index is 13.5. The third kappa shape index (κ3) is 4.32.